The second-order valence-electron chi connectivity index (χ2n) is 3.23. The molecule has 0 bridgehead atoms. The van der Waals surface area contributed by atoms with Gasteiger partial charge in [-0.3, -0.25) is 4.79 Å². The summed E-state index contributed by atoms with van der Waals surface area (Å²) in [7, 11) is 3.56. The van der Waals surface area contributed by atoms with Gasteiger partial charge in [-0.25, -0.2) is 4.98 Å². The molecule has 1 aromatic heterocycles. The molecule has 5 nitrogen and oxygen atoms in total. The van der Waals surface area contributed by atoms with Crippen molar-refractivity contribution in [2.45, 2.75) is 6.42 Å². The number of rotatable bonds is 4. The molecule has 0 saturated heterocycles. The number of nitrogens with two attached hydrogens (primary N) is 1. The number of carbonyl (C=O) groups excluding carboxylic acids is 1. The molecule has 5 heteroatoms. The van der Waals surface area contributed by atoms with E-state index in [0.29, 0.717) is 18.9 Å². The van der Waals surface area contributed by atoms with Crippen LogP contribution in [0.5, 0.6) is 0 Å². The number of hydrogen-bond donors (Lipinski definition) is 1. The highest BCUT2D eigenvalue weighted by Crippen LogP contribution is 1.99. The quantitative estimate of drug-likeness (QED) is 0.727. The molecule has 0 radical (unpaired) electrons. The summed E-state index contributed by atoms with van der Waals surface area (Å²) in [6.07, 6.45) is 4.18. The van der Waals surface area contributed by atoms with Gasteiger partial charge in [-0.15, -0.1) is 0 Å². The van der Waals surface area contributed by atoms with Gasteiger partial charge in [-0.1, -0.05) is 0 Å². The average molecular weight is 196 g/mol. The smallest absolute Gasteiger partial charge is 0.289 e. The highest BCUT2D eigenvalue weighted by Gasteiger charge is 2.14. The Balaban J connectivity index is 2.61. The lowest BCUT2D eigenvalue weighted by Crippen LogP contribution is -2.30. The molecule has 1 aromatic rings. The highest BCUT2D eigenvalue weighted by atomic mass is 16.2. The Labute approximate surface area is 83.5 Å². The summed E-state index contributed by atoms with van der Waals surface area (Å²) in [5.41, 5.74) is 5.37. The largest absolute Gasteiger partial charge is 0.339 e. The van der Waals surface area contributed by atoms with Gasteiger partial charge in [0.1, 0.15) is 0 Å². The predicted molar refractivity (Wildman–Crippen MR) is 53.8 cm³/mol. The summed E-state index contributed by atoms with van der Waals surface area (Å²) in [5, 5.41) is 0. The van der Waals surface area contributed by atoms with E-state index in [0.717, 1.165) is 6.42 Å². The third-order valence-electron chi connectivity index (χ3n) is 2.06. The van der Waals surface area contributed by atoms with Crippen LogP contribution < -0.4 is 5.73 Å². The fraction of sp³-hybridized carbons (Fsp3) is 0.556. The number of amides is 1. The monoisotopic (exact) mass is 196 g/mol. The predicted octanol–water partition coefficient (Wildman–Crippen LogP) is -0.159. The van der Waals surface area contributed by atoms with E-state index in [1.54, 1.807) is 36.0 Å². The van der Waals surface area contributed by atoms with Gasteiger partial charge in [0, 0.05) is 33.0 Å². The van der Waals surface area contributed by atoms with Gasteiger partial charge < -0.3 is 15.2 Å². The molecule has 1 amide bonds. The minimum Gasteiger partial charge on any atom is -0.339 e. The van der Waals surface area contributed by atoms with Crippen molar-refractivity contribution in [3.05, 3.63) is 18.2 Å². The van der Waals surface area contributed by atoms with Gasteiger partial charge >= 0.3 is 0 Å². The van der Waals surface area contributed by atoms with Gasteiger partial charge in [0.15, 0.2) is 5.82 Å². The van der Waals surface area contributed by atoms with Gasteiger partial charge in [0.05, 0.1) is 0 Å². The van der Waals surface area contributed by atoms with Crippen LogP contribution in [0.1, 0.15) is 17.0 Å². The molecule has 0 fully saturated rings. The first-order valence-corrected chi connectivity index (χ1v) is 4.59. The summed E-state index contributed by atoms with van der Waals surface area (Å²) in [6, 6.07) is 0. The lowest BCUT2D eigenvalue weighted by Gasteiger charge is -2.15. The van der Waals surface area contributed by atoms with Crippen LogP contribution in [-0.4, -0.2) is 40.5 Å². The van der Waals surface area contributed by atoms with Crippen LogP contribution in [0.3, 0.4) is 0 Å². The van der Waals surface area contributed by atoms with Crippen molar-refractivity contribution in [1.29, 1.82) is 0 Å². The molecule has 0 aromatic carbocycles. The van der Waals surface area contributed by atoms with Crippen LogP contribution in [0.2, 0.25) is 0 Å². The summed E-state index contributed by atoms with van der Waals surface area (Å²) >= 11 is 0. The summed E-state index contributed by atoms with van der Waals surface area (Å²) in [5.74, 6) is 0.399. The molecule has 0 aliphatic rings. The van der Waals surface area contributed by atoms with Gasteiger partial charge in [-0.05, 0) is 13.0 Å². The Morgan fingerprint density at radius 3 is 2.93 bits per heavy atom. The zero-order valence-corrected chi connectivity index (χ0v) is 8.60. The van der Waals surface area contributed by atoms with Crippen LogP contribution in [0, 0.1) is 0 Å². The van der Waals surface area contributed by atoms with E-state index in [-0.39, 0.29) is 5.91 Å². The van der Waals surface area contributed by atoms with Gasteiger partial charge in [0.2, 0.25) is 0 Å². The van der Waals surface area contributed by atoms with Gasteiger partial charge in [-0.2, -0.15) is 0 Å². The molecular formula is C9H16N4O. The van der Waals surface area contributed by atoms with Crippen LogP contribution in [0.4, 0.5) is 0 Å². The second kappa shape index (κ2) is 4.76. The maximum absolute atomic E-state index is 11.7. The summed E-state index contributed by atoms with van der Waals surface area (Å²) in [6.45, 7) is 1.26. The summed E-state index contributed by atoms with van der Waals surface area (Å²) < 4.78 is 1.71. The Bertz CT molecular complexity index is 308. The standard InChI is InChI=1S/C9H16N4O/c1-12-7-5-11-8(12)9(14)13(2)6-3-4-10/h5,7H,3-4,6,10H2,1-2H3. The van der Waals surface area contributed by atoms with Crippen molar-refractivity contribution in [1.82, 2.24) is 14.5 Å². The Morgan fingerprint density at radius 2 is 2.43 bits per heavy atom. The van der Waals surface area contributed by atoms with E-state index >= 15 is 0 Å². The van der Waals surface area contributed by atoms with Crippen molar-refractivity contribution < 1.29 is 4.79 Å². The minimum atomic E-state index is -0.0639. The molecule has 0 aliphatic heterocycles. The number of aryl methyl sites for hydroxylation is 1. The first-order chi connectivity index (χ1) is 6.66. The maximum atomic E-state index is 11.7. The number of carbonyl (C=O) groups is 1. The Kier molecular flexibility index (Phi) is 3.64. The van der Waals surface area contributed by atoms with Crippen molar-refractivity contribution >= 4 is 5.91 Å². The molecule has 1 heterocycles. The molecule has 2 N–H and O–H groups in total. The third kappa shape index (κ3) is 2.32. The molecule has 0 saturated carbocycles. The normalized spacial score (nSPS) is 10.2. The number of aromatic nitrogens is 2. The van der Waals surface area contributed by atoms with E-state index in [1.165, 1.54) is 0 Å². The maximum Gasteiger partial charge on any atom is 0.289 e. The van der Waals surface area contributed by atoms with Crippen molar-refractivity contribution in [2.24, 2.45) is 12.8 Å². The molecule has 78 valence electrons. The molecule has 0 aliphatic carbocycles. The van der Waals surface area contributed by atoms with Crippen LogP contribution in [0.25, 0.3) is 0 Å². The van der Waals surface area contributed by atoms with E-state index in [1.807, 2.05) is 0 Å². The van der Waals surface area contributed by atoms with Crippen LogP contribution >= 0.6 is 0 Å². The highest BCUT2D eigenvalue weighted by molar-refractivity contribution is 5.90. The fourth-order valence-corrected chi connectivity index (χ4v) is 1.17. The molecule has 1 rings (SSSR count). The third-order valence-corrected chi connectivity index (χ3v) is 2.06. The Hall–Kier alpha value is -1.36. The van der Waals surface area contributed by atoms with Crippen LogP contribution in [-0.2, 0) is 7.05 Å². The second-order valence-corrected chi connectivity index (χ2v) is 3.23. The molecular weight excluding hydrogens is 180 g/mol. The van der Waals surface area contributed by atoms with E-state index in [2.05, 4.69) is 4.98 Å². The van der Waals surface area contributed by atoms with Gasteiger partial charge in [0.25, 0.3) is 5.91 Å². The van der Waals surface area contributed by atoms with Crippen molar-refractivity contribution in [3.63, 3.8) is 0 Å². The molecule has 14 heavy (non-hydrogen) atoms. The van der Waals surface area contributed by atoms with Crippen molar-refractivity contribution in [2.75, 3.05) is 20.1 Å². The van der Waals surface area contributed by atoms with E-state index in [4.69, 9.17) is 5.73 Å². The SMILES string of the molecule is CN(CCCN)C(=O)c1nccn1C. The first kappa shape index (κ1) is 10.7. The summed E-state index contributed by atoms with van der Waals surface area (Å²) in [4.78, 5) is 17.4. The molecule has 0 spiro atoms. The number of imidazole rings is 1. The van der Waals surface area contributed by atoms with E-state index < -0.39 is 0 Å². The number of hydrogen-bond acceptors (Lipinski definition) is 3. The lowest BCUT2D eigenvalue weighted by atomic mass is 10.4. The topological polar surface area (TPSA) is 64.2 Å². The van der Waals surface area contributed by atoms with E-state index in [9.17, 15) is 4.79 Å². The van der Waals surface area contributed by atoms with Crippen molar-refractivity contribution in [3.8, 4) is 0 Å². The first-order valence-electron chi connectivity index (χ1n) is 4.59. The lowest BCUT2D eigenvalue weighted by molar-refractivity contribution is 0.0779. The molecule has 0 unspecified atom stereocenters. The zero-order chi connectivity index (χ0) is 10.6. The zero-order valence-electron chi connectivity index (χ0n) is 8.60. The number of nitrogens with zero attached hydrogens (tertiary/aromatic N) is 3. The molecule has 0 atom stereocenters. The Morgan fingerprint density at radius 1 is 1.71 bits per heavy atom. The minimum absolute atomic E-state index is 0.0639. The van der Waals surface area contributed by atoms with Crippen LogP contribution in [0.15, 0.2) is 12.4 Å². The average Bonchev–Trinajstić information content (AvgIpc) is 2.59. The fourth-order valence-electron chi connectivity index (χ4n) is 1.17.